The van der Waals surface area contributed by atoms with Gasteiger partial charge in [-0.05, 0) is 30.9 Å². The van der Waals surface area contributed by atoms with Crippen molar-refractivity contribution in [1.29, 1.82) is 0 Å². The molecule has 1 N–H and O–H groups in total. The van der Waals surface area contributed by atoms with Gasteiger partial charge in [0.2, 0.25) is 11.0 Å². The van der Waals surface area contributed by atoms with E-state index in [2.05, 4.69) is 53.0 Å². The molecule has 0 fully saturated rings. The van der Waals surface area contributed by atoms with Crippen LogP contribution >= 0.6 is 23.5 Å². The van der Waals surface area contributed by atoms with Gasteiger partial charge < -0.3 is 10.1 Å². The lowest BCUT2D eigenvalue weighted by atomic mass is 10.1. The number of hydrogen-bond acceptors (Lipinski definition) is 7. The lowest BCUT2D eigenvalue weighted by molar-refractivity contribution is 0.225. The molecular weight excluding hydrogens is 412 g/mol. The first kappa shape index (κ1) is 21.0. The van der Waals surface area contributed by atoms with E-state index in [9.17, 15) is 0 Å². The van der Waals surface area contributed by atoms with Crippen LogP contribution in [0.1, 0.15) is 44.4 Å². The second-order valence-electron chi connectivity index (χ2n) is 7.12. The van der Waals surface area contributed by atoms with E-state index in [1.807, 2.05) is 24.3 Å². The molecule has 0 bridgehead atoms. The van der Waals surface area contributed by atoms with Gasteiger partial charge in [0, 0.05) is 27.5 Å². The molecule has 0 spiro atoms. The van der Waals surface area contributed by atoms with Crippen LogP contribution in [0.3, 0.4) is 0 Å². The van der Waals surface area contributed by atoms with Crippen molar-refractivity contribution in [2.24, 2.45) is 0 Å². The third kappa shape index (κ3) is 4.90. The summed E-state index contributed by atoms with van der Waals surface area (Å²) in [5, 5.41) is 13.0. The molecular formula is C23H26N4OS2. The number of para-hydroxylation sites is 1. The van der Waals surface area contributed by atoms with Crippen LogP contribution in [-0.2, 0) is 0 Å². The van der Waals surface area contributed by atoms with E-state index in [4.69, 9.17) is 9.72 Å². The maximum Gasteiger partial charge on any atom is 0.247 e. The number of benzene rings is 2. The molecule has 1 atom stereocenters. The second-order valence-corrected chi connectivity index (χ2v) is 9.06. The zero-order valence-electron chi connectivity index (χ0n) is 17.3. The van der Waals surface area contributed by atoms with E-state index in [-0.39, 0.29) is 6.23 Å². The maximum atomic E-state index is 6.34. The normalized spacial score (nSPS) is 14.8. The molecule has 3 aromatic rings. The number of aromatic nitrogens is 3. The molecule has 0 saturated carbocycles. The molecule has 1 aromatic heterocycles. The van der Waals surface area contributed by atoms with Crippen molar-refractivity contribution in [3.05, 3.63) is 54.1 Å². The number of nitrogens with one attached hydrogen (secondary N) is 1. The van der Waals surface area contributed by atoms with Crippen molar-refractivity contribution >= 4 is 29.2 Å². The zero-order valence-corrected chi connectivity index (χ0v) is 18.9. The van der Waals surface area contributed by atoms with Crippen molar-refractivity contribution < 1.29 is 4.74 Å². The molecule has 0 radical (unpaired) electrons. The van der Waals surface area contributed by atoms with E-state index >= 15 is 0 Å². The highest BCUT2D eigenvalue weighted by Crippen LogP contribution is 2.39. The first-order chi connectivity index (χ1) is 14.8. The Balaban J connectivity index is 1.61. The number of ether oxygens (including phenoxy) is 1. The number of rotatable bonds is 8. The minimum Gasteiger partial charge on any atom is -0.448 e. The topological polar surface area (TPSA) is 59.9 Å². The van der Waals surface area contributed by atoms with E-state index in [1.54, 1.807) is 23.5 Å². The van der Waals surface area contributed by atoms with Gasteiger partial charge in [-0.2, -0.15) is 4.98 Å². The summed E-state index contributed by atoms with van der Waals surface area (Å²) in [7, 11) is 0. The summed E-state index contributed by atoms with van der Waals surface area (Å²) in [5.41, 5.74) is 3.64. The molecule has 1 aliphatic heterocycles. The van der Waals surface area contributed by atoms with Crippen LogP contribution < -0.4 is 10.1 Å². The van der Waals surface area contributed by atoms with Crippen LogP contribution in [0.2, 0.25) is 0 Å². The molecule has 0 amide bonds. The Morgan fingerprint density at radius 1 is 1.00 bits per heavy atom. The second kappa shape index (κ2) is 10.2. The Hall–Kier alpha value is -2.25. The average molecular weight is 439 g/mol. The van der Waals surface area contributed by atoms with Crippen molar-refractivity contribution in [3.63, 3.8) is 0 Å². The summed E-state index contributed by atoms with van der Waals surface area (Å²) in [6, 6.07) is 16.5. The highest BCUT2D eigenvalue weighted by Gasteiger charge is 2.25. The van der Waals surface area contributed by atoms with E-state index in [1.165, 1.54) is 24.2 Å². The van der Waals surface area contributed by atoms with Crippen LogP contribution in [0.25, 0.3) is 11.3 Å². The van der Waals surface area contributed by atoms with Gasteiger partial charge >= 0.3 is 0 Å². The standard InChI is InChI=1S/C23H26N4OS2/c1-3-4-5-8-15-30-23-25-22-20(26-27-23)18-9-6-7-10-19(18)24-21(28-22)16-11-13-17(29-2)14-12-16/h6-7,9-14,21,24H,3-5,8,15H2,1-2H3. The monoisotopic (exact) mass is 438 g/mol. The lowest BCUT2D eigenvalue weighted by Gasteiger charge is -2.19. The molecule has 0 aliphatic carbocycles. The molecule has 5 nitrogen and oxygen atoms in total. The highest BCUT2D eigenvalue weighted by molar-refractivity contribution is 7.99. The van der Waals surface area contributed by atoms with Crippen LogP contribution in [-0.4, -0.2) is 27.2 Å². The van der Waals surface area contributed by atoms with Crippen molar-refractivity contribution in [2.75, 3.05) is 17.3 Å². The fourth-order valence-electron chi connectivity index (χ4n) is 3.33. The fraction of sp³-hybridized carbons (Fsp3) is 0.348. The van der Waals surface area contributed by atoms with E-state index < -0.39 is 0 Å². The molecule has 1 unspecified atom stereocenters. The first-order valence-corrected chi connectivity index (χ1v) is 12.5. The Morgan fingerprint density at radius 3 is 2.63 bits per heavy atom. The SMILES string of the molecule is CCCCCCSc1nnc2c(n1)OC(c1ccc(SC)cc1)Nc1ccccc1-2. The van der Waals surface area contributed by atoms with Crippen LogP contribution in [0, 0.1) is 0 Å². The molecule has 156 valence electrons. The van der Waals surface area contributed by atoms with Gasteiger partial charge in [0.15, 0.2) is 11.9 Å². The molecule has 2 heterocycles. The van der Waals surface area contributed by atoms with Crippen LogP contribution in [0.4, 0.5) is 5.69 Å². The van der Waals surface area contributed by atoms with Gasteiger partial charge in [-0.25, -0.2) is 0 Å². The van der Waals surface area contributed by atoms with Gasteiger partial charge in [0.05, 0.1) is 0 Å². The largest absolute Gasteiger partial charge is 0.448 e. The van der Waals surface area contributed by atoms with Crippen molar-refractivity contribution in [1.82, 2.24) is 15.2 Å². The van der Waals surface area contributed by atoms with Crippen LogP contribution in [0.15, 0.2) is 58.6 Å². The highest BCUT2D eigenvalue weighted by atomic mass is 32.2. The van der Waals surface area contributed by atoms with Gasteiger partial charge in [0.1, 0.15) is 0 Å². The summed E-state index contributed by atoms with van der Waals surface area (Å²) in [5.74, 6) is 1.52. The Labute approximate surface area is 186 Å². The van der Waals surface area contributed by atoms with Crippen molar-refractivity contribution in [2.45, 2.75) is 48.9 Å². The predicted octanol–water partition coefficient (Wildman–Crippen LogP) is 6.44. The summed E-state index contributed by atoms with van der Waals surface area (Å²) in [6.45, 7) is 2.22. The summed E-state index contributed by atoms with van der Waals surface area (Å²) < 4.78 is 6.34. The summed E-state index contributed by atoms with van der Waals surface area (Å²) in [6.07, 6.45) is 6.64. The summed E-state index contributed by atoms with van der Waals surface area (Å²) >= 11 is 3.37. The zero-order chi connectivity index (χ0) is 20.8. The molecule has 1 aliphatic rings. The molecule has 7 heteroatoms. The molecule has 0 saturated heterocycles. The van der Waals surface area contributed by atoms with Gasteiger partial charge in [0.25, 0.3) is 0 Å². The van der Waals surface area contributed by atoms with Gasteiger partial charge in [-0.1, -0.05) is 68.3 Å². The third-order valence-electron chi connectivity index (χ3n) is 4.98. The molecule has 4 rings (SSSR count). The third-order valence-corrected chi connectivity index (χ3v) is 6.65. The predicted molar refractivity (Wildman–Crippen MR) is 125 cm³/mol. The van der Waals surface area contributed by atoms with E-state index in [0.29, 0.717) is 16.7 Å². The minimum absolute atomic E-state index is 0.345. The van der Waals surface area contributed by atoms with Gasteiger partial charge in [-0.3, -0.25) is 0 Å². The maximum absolute atomic E-state index is 6.34. The number of fused-ring (bicyclic) bond motifs is 3. The Bertz CT molecular complexity index is 981. The van der Waals surface area contributed by atoms with Crippen LogP contribution in [0.5, 0.6) is 5.88 Å². The molecule has 30 heavy (non-hydrogen) atoms. The number of anilines is 1. The quantitative estimate of drug-likeness (QED) is 0.321. The fourth-order valence-corrected chi connectivity index (χ4v) is 4.52. The number of nitrogens with zero attached hydrogens (tertiary/aromatic N) is 3. The van der Waals surface area contributed by atoms with E-state index in [0.717, 1.165) is 29.0 Å². The molecule has 2 aromatic carbocycles. The smallest absolute Gasteiger partial charge is 0.247 e. The van der Waals surface area contributed by atoms with Crippen molar-refractivity contribution in [3.8, 4) is 17.1 Å². The number of hydrogen-bond donors (Lipinski definition) is 1. The number of thioether (sulfide) groups is 2. The Morgan fingerprint density at radius 2 is 1.83 bits per heavy atom. The number of unbranched alkanes of at least 4 members (excludes halogenated alkanes) is 3. The first-order valence-electron chi connectivity index (χ1n) is 10.3. The summed E-state index contributed by atoms with van der Waals surface area (Å²) in [4.78, 5) is 5.94. The lowest BCUT2D eigenvalue weighted by Crippen LogP contribution is -2.17. The average Bonchev–Trinajstić information content (AvgIpc) is 2.95. The minimum atomic E-state index is -0.345. The van der Waals surface area contributed by atoms with Gasteiger partial charge in [-0.15, -0.1) is 22.0 Å². The Kier molecular flexibility index (Phi) is 7.12.